The number of hydrogen-bond acceptors (Lipinski definition) is 6. The molecule has 0 N–H and O–H groups in total. The fraction of sp³-hybridized carbons (Fsp3) is 0.579. The van der Waals surface area contributed by atoms with E-state index in [1.807, 2.05) is 22.1 Å². The zero-order valence-electron chi connectivity index (χ0n) is 15.3. The first-order chi connectivity index (χ1) is 12.0. The van der Waals surface area contributed by atoms with E-state index in [2.05, 4.69) is 21.7 Å². The van der Waals surface area contributed by atoms with Crippen LogP contribution in [0.3, 0.4) is 0 Å². The number of fused-ring (bicyclic) bond motifs is 2. The normalized spacial score (nSPS) is 15.7. The van der Waals surface area contributed by atoms with Gasteiger partial charge in [0.15, 0.2) is 11.5 Å². The van der Waals surface area contributed by atoms with Gasteiger partial charge in [-0.1, -0.05) is 7.43 Å². The standard InChI is InChI=1S/C8H9O2S.C7H8O2S.CH4.3CH3.Sn/c1-6-8-7(5-11-6)9-3-2-4-10-8;1-2-8-6-4-10-5-7(6)9-3-1;;;;;/h2-4H2,1H3;4-5H,1-3H2;1H4;3*1H3;. The molecule has 0 saturated heterocycles. The van der Waals surface area contributed by atoms with Crippen LogP contribution in [-0.2, 0) is 0 Å². The number of aryl methyl sites for hydroxylation is 1. The summed E-state index contributed by atoms with van der Waals surface area (Å²) in [5, 5.41) is 3.95. The molecule has 0 saturated carbocycles. The molecule has 0 amide bonds. The zero-order valence-corrected chi connectivity index (χ0v) is 19.8. The molecular weight excluding hydrogens is 475 g/mol. The van der Waals surface area contributed by atoms with Crippen LogP contribution >= 0.6 is 22.7 Å². The van der Waals surface area contributed by atoms with Crippen molar-refractivity contribution in [3.05, 3.63) is 15.6 Å². The topological polar surface area (TPSA) is 36.9 Å². The Kier molecular flexibility index (Phi) is 7.97. The molecule has 26 heavy (non-hydrogen) atoms. The third-order valence-corrected chi connectivity index (χ3v) is 14.9. The Labute approximate surface area is 169 Å². The maximum atomic E-state index is 5.86. The predicted octanol–water partition coefficient (Wildman–Crippen LogP) is 5.31. The molecule has 2 aliphatic rings. The summed E-state index contributed by atoms with van der Waals surface area (Å²) < 4.78 is 23.9. The van der Waals surface area contributed by atoms with Crippen molar-refractivity contribution in [2.75, 3.05) is 26.4 Å². The minimum Gasteiger partial charge on any atom is -0.489 e. The largest absolute Gasteiger partial charge is 0.489 e. The molecule has 4 nitrogen and oxygen atoms in total. The van der Waals surface area contributed by atoms with Gasteiger partial charge in [-0.25, -0.2) is 0 Å². The minimum atomic E-state index is -2.04. The van der Waals surface area contributed by atoms with E-state index in [1.54, 1.807) is 11.3 Å². The van der Waals surface area contributed by atoms with E-state index in [-0.39, 0.29) is 7.43 Å². The molecule has 146 valence electrons. The van der Waals surface area contributed by atoms with E-state index >= 15 is 0 Å². The van der Waals surface area contributed by atoms with Crippen LogP contribution in [0.15, 0.2) is 10.8 Å². The molecule has 2 aliphatic heterocycles. The maximum absolute atomic E-state index is 5.86. The van der Waals surface area contributed by atoms with Gasteiger partial charge in [0.25, 0.3) is 0 Å². The van der Waals surface area contributed by atoms with Crippen LogP contribution in [0.5, 0.6) is 23.0 Å². The van der Waals surface area contributed by atoms with Crippen molar-refractivity contribution >= 4 is 43.9 Å². The summed E-state index contributed by atoms with van der Waals surface area (Å²) in [5.74, 6) is 3.92. The molecule has 4 rings (SSSR count). The first kappa shape index (κ1) is 21.7. The second kappa shape index (κ2) is 9.55. The van der Waals surface area contributed by atoms with E-state index in [1.165, 1.54) is 7.77 Å². The Hall–Kier alpha value is -0.601. The van der Waals surface area contributed by atoms with Crippen LogP contribution in [-0.4, -0.2) is 44.8 Å². The average Bonchev–Trinajstić information content (AvgIpc) is 2.94. The molecule has 0 aromatic carbocycles. The second-order valence-corrected chi connectivity index (χ2v) is 24.4. The van der Waals surface area contributed by atoms with Gasteiger partial charge in [-0.3, -0.25) is 0 Å². The molecule has 2 aromatic heterocycles. The van der Waals surface area contributed by atoms with Crippen LogP contribution in [0.2, 0.25) is 14.8 Å². The third kappa shape index (κ3) is 5.23. The van der Waals surface area contributed by atoms with Crippen molar-refractivity contribution in [3.63, 3.8) is 0 Å². The summed E-state index contributed by atoms with van der Waals surface area (Å²) >= 11 is 1.47. The van der Waals surface area contributed by atoms with Crippen LogP contribution < -0.4 is 21.8 Å². The van der Waals surface area contributed by atoms with Crippen molar-refractivity contribution in [2.45, 2.75) is 42.0 Å². The van der Waals surface area contributed by atoms with Gasteiger partial charge in [0, 0.05) is 17.2 Å². The summed E-state index contributed by atoms with van der Waals surface area (Å²) in [5.41, 5.74) is 0. The summed E-state index contributed by atoms with van der Waals surface area (Å²) in [7, 11) is 0. The number of rotatable bonds is 1. The van der Waals surface area contributed by atoms with Crippen LogP contribution in [0, 0.1) is 6.92 Å². The third-order valence-electron chi connectivity index (χ3n) is 3.85. The molecule has 0 unspecified atom stereocenters. The van der Waals surface area contributed by atoms with Crippen molar-refractivity contribution in [3.8, 4) is 23.0 Å². The predicted molar refractivity (Wildman–Crippen MR) is 114 cm³/mol. The summed E-state index contributed by atoms with van der Waals surface area (Å²) in [4.78, 5) is 8.56. The van der Waals surface area contributed by atoms with E-state index in [4.69, 9.17) is 18.9 Å². The molecule has 0 spiro atoms. The van der Waals surface area contributed by atoms with Gasteiger partial charge in [-0.2, -0.15) is 0 Å². The number of ether oxygens (including phenoxy) is 4. The van der Waals surface area contributed by atoms with E-state index in [0.717, 1.165) is 62.3 Å². The van der Waals surface area contributed by atoms with Gasteiger partial charge >= 0.3 is 99.8 Å². The van der Waals surface area contributed by atoms with Gasteiger partial charge < -0.3 is 9.47 Å². The van der Waals surface area contributed by atoms with Gasteiger partial charge in [0.05, 0.1) is 13.2 Å². The molecule has 2 aromatic rings. The molecule has 0 atom stereocenters. The molecule has 0 bridgehead atoms. The maximum Gasteiger partial charge on any atom is 0.171 e. The molecule has 7 heteroatoms. The summed E-state index contributed by atoms with van der Waals surface area (Å²) in [6.07, 6.45) is 1.98. The minimum absolute atomic E-state index is 0. The van der Waals surface area contributed by atoms with E-state index in [9.17, 15) is 0 Å². The molecule has 0 fully saturated rings. The van der Waals surface area contributed by atoms with Gasteiger partial charge in [0.1, 0.15) is 0 Å². The summed E-state index contributed by atoms with van der Waals surface area (Å²) in [6.45, 7) is 5.30. The molecule has 4 heterocycles. The fourth-order valence-electron chi connectivity index (χ4n) is 2.62. The molecule has 0 aliphatic carbocycles. The van der Waals surface area contributed by atoms with Crippen LogP contribution in [0.4, 0.5) is 0 Å². The van der Waals surface area contributed by atoms with Crippen molar-refractivity contribution < 1.29 is 18.9 Å². The second-order valence-electron chi connectivity index (χ2n) is 7.10. The monoisotopic (exact) mass is 506 g/mol. The Morgan fingerprint density at radius 2 is 1.31 bits per heavy atom. The quantitative estimate of drug-likeness (QED) is 0.493. The van der Waals surface area contributed by atoms with Gasteiger partial charge in [-0.15, -0.1) is 11.3 Å². The van der Waals surface area contributed by atoms with Crippen LogP contribution in [0.1, 0.15) is 25.1 Å². The van der Waals surface area contributed by atoms with Gasteiger partial charge in [-0.05, 0) is 0 Å². The molecule has 0 radical (unpaired) electrons. The SMILES string of the molecule is C.Cc1s[c]([Sn]([CH3])([CH3])[CH3])c2c1OCCCO2.c1scc2c1OCCCO2. The van der Waals surface area contributed by atoms with Gasteiger partial charge in [0.2, 0.25) is 0 Å². The zero-order chi connectivity index (χ0) is 17.9. The average molecular weight is 505 g/mol. The Morgan fingerprint density at radius 3 is 1.85 bits per heavy atom. The van der Waals surface area contributed by atoms with Crippen molar-refractivity contribution in [2.24, 2.45) is 0 Å². The Balaban J connectivity index is 0.000000193. The smallest absolute Gasteiger partial charge is 0.171 e. The first-order valence-corrected chi connectivity index (χ1v) is 20.4. The summed E-state index contributed by atoms with van der Waals surface area (Å²) in [6, 6.07) is 0. The fourth-order valence-corrected chi connectivity index (χ4v) is 10.8. The van der Waals surface area contributed by atoms with Crippen LogP contribution in [0.25, 0.3) is 0 Å². The number of thiophene rings is 2. The van der Waals surface area contributed by atoms with Crippen molar-refractivity contribution in [1.82, 2.24) is 0 Å². The van der Waals surface area contributed by atoms with E-state index < -0.39 is 18.4 Å². The molecular formula is C19H30O4S2Sn. The number of hydrogen-bond donors (Lipinski definition) is 0. The van der Waals surface area contributed by atoms with E-state index in [0.29, 0.717) is 0 Å². The Bertz CT molecular complexity index is 682. The van der Waals surface area contributed by atoms with Crippen molar-refractivity contribution in [1.29, 1.82) is 0 Å². The first-order valence-electron chi connectivity index (χ1n) is 8.68. The Morgan fingerprint density at radius 1 is 0.808 bits per heavy atom.